The lowest BCUT2D eigenvalue weighted by atomic mass is 10.1. The number of benzene rings is 2. The molecule has 2 aromatic carbocycles. The molecule has 0 amide bonds. The highest BCUT2D eigenvalue weighted by Crippen LogP contribution is 2.15. The van der Waals surface area contributed by atoms with Gasteiger partial charge in [-0.2, -0.15) is 5.10 Å². The minimum absolute atomic E-state index is 0.673. The first-order valence-electron chi connectivity index (χ1n) is 7.40. The summed E-state index contributed by atoms with van der Waals surface area (Å²) in [6, 6.07) is 17.8. The van der Waals surface area contributed by atoms with Crippen molar-refractivity contribution < 1.29 is 4.79 Å². The molecule has 2 aromatic rings. The van der Waals surface area contributed by atoms with Crippen molar-refractivity contribution in [3.05, 3.63) is 71.3 Å². The fourth-order valence-electron chi connectivity index (χ4n) is 2.06. The third-order valence-corrected chi connectivity index (χ3v) is 5.16. The Morgan fingerprint density at radius 1 is 1.00 bits per heavy atom. The zero-order valence-electron chi connectivity index (χ0n) is 13.4. The number of rotatable bonds is 6. The lowest BCUT2D eigenvalue weighted by Gasteiger charge is -2.31. The largest absolute Gasteiger partial charge is 0.320 e. The van der Waals surface area contributed by atoms with Crippen LogP contribution in [-0.2, 0) is 6.54 Å². The van der Waals surface area contributed by atoms with Gasteiger partial charge in [-0.3, -0.25) is 4.79 Å². The monoisotopic (exact) mass is 310 g/mol. The predicted octanol–water partition coefficient (Wildman–Crippen LogP) is 4.17. The Balaban J connectivity index is 2.19. The summed E-state index contributed by atoms with van der Waals surface area (Å²) in [6.45, 7) is 7.62. The molecule has 114 valence electrons. The van der Waals surface area contributed by atoms with Gasteiger partial charge in [-0.05, 0) is 17.2 Å². The molecule has 0 N–H and O–H groups in total. The van der Waals surface area contributed by atoms with Crippen molar-refractivity contribution >= 4 is 20.7 Å². The second-order valence-corrected chi connectivity index (χ2v) is 11.1. The van der Waals surface area contributed by atoms with Crippen LogP contribution in [0.4, 0.5) is 0 Å². The molecule has 3 nitrogen and oxygen atoms in total. The molecule has 0 radical (unpaired) electrons. The number of hydrazone groups is 1. The van der Waals surface area contributed by atoms with Crippen molar-refractivity contribution in [2.75, 3.05) is 0 Å². The Kier molecular flexibility index (Phi) is 5.28. The Hall–Kier alpha value is -2.20. The van der Waals surface area contributed by atoms with E-state index in [1.54, 1.807) is 6.07 Å². The highest BCUT2D eigenvalue weighted by Gasteiger charge is 2.22. The van der Waals surface area contributed by atoms with Crippen LogP contribution >= 0.6 is 0 Å². The van der Waals surface area contributed by atoms with Crippen molar-refractivity contribution in [3.8, 4) is 0 Å². The quantitative estimate of drug-likeness (QED) is 0.347. The molecule has 0 aliphatic rings. The number of hydrogen-bond acceptors (Lipinski definition) is 3. The van der Waals surface area contributed by atoms with Crippen LogP contribution in [0.1, 0.15) is 21.5 Å². The number of nitrogens with zero attached hydrogens (tertiary/aromatic N) is 2. The van der Waals surface area contributed by atoms with Gasteiger partial charge in [0.05, 0.1) is 12.8 Å². The molecule has 0 bridgehead atoms. The van der Waals surface area contributed by atoms with Gasteiger partial charge in [0.2, 0.25) is 0 Å². The molecule has 0 saturated heterocycles. The van der Waals surface area contributed by atoms with E-state index in [1.807, 2.05) is 30.5 Å². The lowest BCUT2D eigenvalue weighted by molar-refractivity contribution is 0.112. The molecular formula is C18H22N2OSi. The molecule has 22 heavy (non-hydrogen) atoms. The topological polar surface area (TPSA) is 32.7 Å². The molecule has 0 spiro atoms. The third-order valence-electron chi connectivity index (χ3n) is 3.34. The van der Waals surface area contributed by atoms with Gasteiger partial charge in [0.1, 0.15) is 6.29 Å². The van der Waals surface area contributed by atoms with E-state index in [9.17, 15) is 4.79 Å². The fourth-order valence-corrected chi connectivity index (χ4v) is 3.12. The van der Waals surface area contributed by atoms with Crippen LogP contribution in [0.5, 0.6) is 0 Å². The van der Waals surface area contributed by atoms with Gasteiger partial charge >= 0.3 is 0 Å². The minimum atomic E-state index is -1.58. The van der Waals surface area contributed by atoms with Gasteiger partial charge in [-0.1, -0.05) is 68.2 Å². The van der Waals surface area contributed by atoms with E-state index in [2.05, 4.69) is 48.6 Å². The molecule has 2 rings (SSSR count). The van der Waals surface area contributed by atoms with E-state index >= 15 is 0 Å². The molecular weight excluding hydrogens is 288 g/mol. The Labute approximate surface area is 133 Å². The number of carbonyl (C=O) groups excluding carboxylic acids is 1. The van der Waals surface area contributed by atoms with Gasteiger partial charge in [-0.25, -0.2) is 0 Å². The van der Waals surface area contributed by atoms with Crippen LogP contribution in [0.25, 0.3) is 0 Å². The maximum atomic E-state index is 10.8. The van der Waals surface area contributed by atoms with Crippen LogP contribution in [0, 0.1) is 0 Å². The fraction of sp³-hybridized carbons (Fsp3) is 0.222. The Morgan fingerprint density at radius 3 is 2.32 bits per heavy atom. The van der Waals surface area contributed by atoms with E-state index in [4.69, 9.17) is 5.10 Å². The van der Waals surface area contributed by atoms with Crippen molar-refractivity contribution in [2.24, 2.45) is 5.10 Å². The normalized spacial score (nSPS) is 11.6. The predicted molar refractivity (Wildman–Crippen MR) is 94.8 cm³/mol. The van der Waals surface area contributed by atoms with E-state index in [-0.39, 0.29) is 0 Å². The van der Waals surface area contributed by atoms with Crippen molar-refractivity contribution in [2.45, 2.75) is 26.2 Å². The van der Waals surface area contributed by atoms with Crippen LogP contribution in [0.3, 0.4) is 0 Å². The molecule has 0 saturated carbocycles. The maximum absolute atomic E-state index is 10.8. The standard InChI is InChI=1S/C18H22N2OSi/c1-22(2,3)20(14-16-8-5-4-6-9-16)19-13-17-10-7-11-18(12-17)15-21/h4-13,15H,14H2,1-3H3. The number of carbonyl (C=O) groups is 1. The SMILES string of the molecule is C[Si](C)(C)N(Cc1ccccc1)N=Cc1cccc(C=O)c1. The van der Waals surface area contributed by atoms with Gasteiger partial charge in [0, 0.05) is 5.56 Å². The highest BCUT2D eigenvalue weighted by molar-refractivity contribution is 6.73. The van der Waals surface area contributed by atoms with Crippen LogP contribution in [0.15, 0.2) is 59.7 Å². The van der Waals surface area contributed by atoms with E-state index in [0.717, 1.165) is 18.4 Å². The summed E-state index contributed by atoms with van der Waals surface area (Å²) < 4.78 is 2.19. The van der Waals surface area contributed by atoms with E-state index in [1.165, 1.54) is 5.56 Å². The van der Waals surface area contributed by atoms with Gasteiger partial charge in [0.25, 0.3) is 0 Å². The first kappa shape index (κ1) is 16.2. The van der Waals surface area contributed by atoms with Crippen LogP contribution in [0.2, 0.25) is 19.6 Å². The van der Waals surface area contributed by atoms with Crippen LogP contribution < -0.4 is 0 Å². The molecule has 0 fully saturated rings. The summed E-state index contributed by atoms with van der Waals surface area (Å²) in [4.78, 5) is 10.8. The summed E-state index contributed by atoms with van der Waals surface area (Å²) >= 11 is 0. The van der Waals surface area contributed by atoms with E-state index < -0.39 is 8.24 Å². The first-order valence-corrected chi connectivity index (χ1v) is 10.8. The van der Waals surface area contributed by atoms with Gasteiger partial charge in [0.15, 0.2) is 8.24 Å². The summed E-state index contributed by atoms with van der Waals surface area (Å²) in [5, 5.41) is 4.69. The van der Waals surface area contributed by atoms with Gasteiger partial charge in [-0.15, -0.1) is 0 Å². The number of hydrogen-bond donors (Lipinski definition) is 0. The smallest absolute Gasteiger partial charge is 0.169 e. The summed E-state index contributed by atoms with van der Waals surface area (Å²) in [7, 11) is -1.58. The summed E-state index contributed by atoms with van der Waals surface area (Å²) in [6.07, 6.45) is 2.70. The molecule has 4 heteroatoms. The molecule has 0 aliphatic carbocycles. The first-order chi connectivity index (χ1) is 10.5. The second-order valence-electron chi connectivity index (χ2n) is 6.25. The zero-order valence-corrected chi connectivity index (χ0v) is 14.4. The lowest BCUT2D eigenvalue weighted by Crippen LogP contribution is -2.41. The second kappa shape index (κ2) is 7.18. The maximum Gasteiger partial charge on any atom is 0.169 e. The molecule has 0 atom stereocenters. The zero-order chi connectivity index (χ0) is 16.0. The van der Waals surface area contributed by atoms with Crippen molar-refractivity contribution in [3.63, 3.8) is 0 Å². The van der Waals surface area contributed by atoms with Crippen molar-refractivity contribution in [1.29, 1.82) is 0 Å². The van der Waals surface area contributed by atoms with Crippen molar-refractivity contribution in [1.82, 2.24) is 4.67 Å². The van der Waals surface area contributed by atoms with Gasteiger partial charge < -0.3 is 4.67 Å². The van der Waals surface area contributed by atoms with E-state index in [0.29, 0.717) is 5.56 Å². The van der Waals surface area contributed by atoms with Crippen LogP contribution in [-0.4, -0.2) is 25.4 Å². The molecule has 0 aliphatic heterocycles. The average molecular weight is 310 g/mol. The molecule has 0 aromatic heterocycles. The molecule has 0 heterocycles. The highest BCUT2D eigenvalue weighted by atomic mass is 28.3. The Morgan fingerprint density at radius 2 is 1.68 bits per heavy atom. The average Bonchev–Trinajstić information content (AvgIpc) is 2.51. The third kappa shape index (κ3) is 4.67. The summed E-state index contributed by atoms with van der Waals surface area (Å²) in [5.74, 6) is 0. The Bertz CT molecular complexity index is 648. The molecule has 0 unspecified atom stereocenters. The minimum Gasteiger partial charge on any atom is -0.320 e. The summed E-state index contributed by atoms with van der Waals surface area (Å²) in [5.41, 5.74) is 2.87. The number of aldehydes is 1.